The summed E-state index contributed by atoms with van der Waals surface area (Å²) in [6, 6.07) is 15.2. The normalized spacial score (nSPS) is 15.4. The number of nitrogens with one attached hydrogen (secondary N) is 3. The van der Waals surface area contributed by atoms with Crippen LogP contribution in [0.15, 0.2) is 48.5 Å². The van der Waals surface area contributed by atoms with Crippen molar-refractivity contribution in [3.63, 3.8) is 0 Å². The third-order valence-electron chi connectivity index (χ3n) is 4.43. The highest BCUT2D eigenvalue weighted by Crippen LogP contribution is 2.18. The third kappa shape index (κ3) is 5.81. The first-order valence-electron chi connectivity index (χ1n) is 9.02. The van der Waals surface area contributed by atoms with Crippen LogP contribution in [0, 0.1) is 5.92 Å². The van der Waals surface area contributed by atoms with Gasteiger partial charge >= 0.3 is 0 Å². The molecule has 1 atom stereocenters. The van der Waals surface area contributed by atoms with Gasteiger partial charge in [0.1, 0.15) is 0 Å². The maximum atomic E-state index is 12.5. The summed E-state index contributed by atoms with van der Waals surface area (Å²) in [4.78, 5) is 24.3. The number of rotatable bonds is 5. The van der Waals surface area contributed by atoms with E-state index in [9.17, 15) is 9.59 Å². The molecule has 0 aliphatic carbocycles. The van der Waals surface area contributed by atoms with Crippen molar-refractivity contribution in [3.8, 4) is 0 Å². The maximum Gasteiger partial charge on any atom is 0.241 e. The minimum Gasteiger partial charge on any atom is -0.326 e. The van der Waals surface area contributed by atoms with Crippen molar-refractivity contribution in [1.82, 2.24) is 5.32 Å². The summed E-state index contributed by atoms with van der Waals surface area (Å²) >= 11 is 0. The van der Waals surface area contributed by atoms with Crippen molar-refractivity contribution in [3.05, 3.63) is 59.7 Å². The van der Waals surface area contributed by atoms with E-state index >= 15 is 0 Å². The van der Waals surface area contributed by atoms with Crippen LogP contribution in [0.1, 0.15) is 31.4 Å². The summed E-state index contributed by atoms with van der Waals surface area (Å²) in [5.74, 6) is 0.277. The topological polar surface area (TPSA) is 70.2 Å². The van der Waals surface area contributed by atoms with Crippen LogP contribution in [0.2, 0.25) is 0 Å². The van der Waals surface area contributed by atoms with Crippen LogP contribution in [0.5, 0.6) is 0 Å². The van der Waals surface area contributed by atoms with Gasteiger partial charge in [0.25, 0.3) is 0 Å². The molecule has 0 radical (unpaired) electrons. The van der Waals surface area contributed by atoms with E-state index in [1.807, 2.05) is 26.0 Å². The number of halogens is 1. The zero-order chi connectivity index (χ0) is 18.5. The van der Waals surface area contributed by atoms with E-state index in [1.165, 1.54) is 11.1 Å². The Balaban J connectivity index is 0.00000261. The van der Waals surface area contributed by atoms with E-state index in [0.29, 0.717) is 25.3 Å². The Kier molecular flexibility index (Phi) is 7.39. The number of anilines is 2. The molecule has 3 rings (SSSR count). The second-order valence-corrected chi connectivity index (χ2v) is 7.12. The van der Waals surface area contributed by atoms with Crippen LogP contribution in [0.3, 0.4) is 0 Å². The summed E-state index contributed by atoms with van der Waals surface area (Å²) in [6.07, 6.45) is 1.18. The molecule has 0 spiro atoms. The Hall–Kier alpha value is -2.37. The standard InChI is InChI=1S/C21H25N3O2.ClH/c1-14(2)11-20(25)23-17-7-9-18(10-8-17)24-21(26)19-12-15-5-3-4-6-16(15)13-22-19;/h3-10,14,19,22H,11-13H2,1-2H3,(H,23,25)(H,24,26);1H. The Morgan fingerprint density at radius 3 is 2.22 bits per heavy atom. The second-order valence-electron chi connectivity index (χ2n) is 7.12. The van der Waals surface area contributed by atoms with Gasteiger partial charge in [-0.1, -0.05) is 38.1 Å². The van der Waals surface area contributed by atoms with E-state index in [4.69, 9.17) is 0 Å². The zero-order valence-corrected chi connectivity index (χ0v) is 16.4. The van der Waals surface area contributed by atoms with Gasteiger partial charge in [0.05, 0.1) is 6.04 Å². The van der Waals surface area contributed by atoms with Gasteiger partial charge < -0.3 is 16.0 Å². The second kappa shape index (κ2) is 9.53. The molecule has 2 amide bonds. The van der Waals surface area contributed by atoms with E-state index < -0.39 is 0 Å². The number of amides is 2. The lowest BCUT2D eigenvalue weighted by Crippen LogP contribution is -2.44. The van der Waals surface area contributed by atoms with E-state index in [-0.39, 0.29) is 30.3 Å². The summed E-state index contributed by atoms with van der Waals surface area (Å²) in [5.41, 5.74) is 3.92. The van der Waals surface area contributed by atoms with Gasteiger partial charge in [-0.3, -0.25) is 9.59 Å². The molecule has 27 heavy (non-hydrogen) atoms. The highest BCUT2D eigenvalue weighted by atomic mass is 35.5. The van der Waals surface area contributed by atoms with Gasteiger partial charge in [0.2, 0.25) is 11.8 Å². The van der Waals surface area contributed by atoms with Crippen LogP contribution >= 0.6 is 12.4 Å². The monoisotopic (exact) mass is 387 g/mol. The molecule has 0 bridgehead atoms. The molecule has 0 saturated carbocycles. The molecule has 3 N–H and O–H groups in total. The van der Waals surface area contributed by atoms with E-state index in [2.05, 4.69) is 28.1 Å². The fraction of sp³-hybridized carbons (Fsp3) is 0.333. The predicted molar refractivity (Wildman–Crippen MR) is 111 cm³/mol. The Bertz CT molecular complexity index is 790. The van der Waals surface area contributed by atoms with Crippen molar-refractivity contribution < 1.29 is 9.59 Å². The van der Waals surface area contributed by atoms with Gasteiger partial charge in [-0.2, -0.15) is 0 Å². The smallest absolute Gasteiger partial charge is 0.241 e. The van der Waals surface area contributed by atoms with Crippen molar-refractivity contribution in [1.29, 1.82) is 0 Å². The number of hydrogen-bond donors (Lipinski definition) is 3. The molecule has 0 saturated heterocycles. The average Bonchev–Trinajstić information content (AvgIpc) is 2.62. The molecule has 2 aromatic carbocycles. The maximum absolute atomic E-state index is 12.5. The van der Waals surface area contributed by atoms with Gasteiger partial charge in [-0.05, 0) is 47.7 Å². The molecule has 6 heteroatoms. The minimum absolute atomic E-state index is 0. The molecule has 1 aliphatic heterocycles. The fourth-order valence-electron chi connectivity index (χ4n) is 3.09. The molecule has 0 aromatic heterocycles. The van der Waals surface area contributed by atoms with Crippen LogP contribution < -0.4 is 16.0 Å². The molecule has 2 aromatic rings. The largest absolute Gasteiger partial charge is 0.326 e. The van der Waals surface area contributed by atoms with E-state index in [0.717, 1.165) is 11.4 Å². The number of carbonyl (C=O) groups is 2. The summed E-state index contributed by atoms with van der Waals surface area (Å²) < 4.78 is 0. The first kappa shape index (κ1) is 20.9. The lowest BCUT2D eigenvalue weighted by Gasteiger charge is -2.25. The minimum atomic E-state index is -0.240. The highest BCUT2D eigenvalue weighted by molar-refractivity contribution is 5.96. The van der Waals surface area contributed by atoms with Crippen molar-refractivity contribution in [2.24, 2.45) is 5.92 Å². The van der Waals surface area contributed by atoms with Gasteiger partial charge in [-0.25, -0.2) is 0 Å². The zero-order valence-electron chi connectivity index (χ0n) is 15.6. The Morgan fingerprint density at radius 1 is 1.00 bits per heavy atom. The third-order valence-corrected chi connectivity index (χ3v) is 4.43. The lowest BCUT2D eigenvalue weighted by molar-refractivity contribution is -0.118. The first-order valence-corrected chi connectivity index (χ1v) is 9.02. The average molecular weight is 388 g/mol. The van der Waals surface area contributed by atoms with Crippen molar-refractivity contribution in [2.75, 3.05) is 10.6 Å². The number of benzene rings is 2. The molecule has 1 aliphatic rings. The molecule has 5 nitrogen and oxygen atoms in total. The van der Waals surface area contributed by atoms with Crippen LogP contribution in [0.25, 0.3) is 0 Å². The Morgan fingerprint density at radius 2 is 1.59 bits per heavy atom. The summed E-state index contributed by atoms with van der Waals surface area (Å²) in [6.45, 7) is 4.72. The SMILES string of the molecule is CC(C)CC(=O)Nc1ccc(NC(=O)C2Cc3ccccc3CN2)cc1.Cl. The highest BCUT2D eigenvalue weighted by Gasteiger charge is 2.23. The number of carbonyl (C=O) groups excluding carboxylic acids is 2. The molecule has 144 valence electrons. The van der Waals surface area contributed by atoms with Crippen LogP contribution in [-0.4, -0.2) is 17.9 Å². The molecule has 1 heterocycles. The van der Waals surface area contributed by atoms with Crippen LogP contribution in [-0.2, 0) is 22.6 Å². The predicted octanol–water partition coefficient (Wildman–Crippen LogP) is 3.75. The first-order chi connectivity index (χ1) is 12.5. The fourth-order valence-corrected chi connectivity index (χ4v) is 3.09. The van der Waals surface area contributed by atoms with Gasteiger partial charge in [-0.15, -0.1) is 12.4 Å². The van der Waals surface area contributed by atoms with Crippen LogP contribution in [0.4, 0.5) is 11.4 Å². The molecular formula is C21H26ClN3O2. The van der Waals surface area contributed by atoms with Gasteiger partial charge in [0.15, 0.2) is 0 Å². The molecular weight excluding hydrogens is 362 g/mol. The summed E-state index contributed by atoms with van der Waals surface area (Å²) in [5, 5.41) is 9.09. The quantitative estimate of drug-likeness (QED) is 0.731. The lowest BCUT2D eigenvalue weighted by atomic mass is 9.95. The van der Waals surface area contributed by atoms with Crippen molar-refractivity contribution >= 4 is 35.6 Å². The number of hydrogen-bond acceptors (Lipinski definition) is 3. The van der Waals surface area contributed by atoms with Crippen molar-refractivity contribution in [2.45, 2.75) is 39.3 Å². The van der Waals surface area contributed by atoms with Gasteiger partial charge in [0, 0.05) is 24.3 Å². The summed E-state index contributed by atoms with van der Waals surface area (Å²) in [7, 11) is 0. The molecule has 0 fully saturated rings. The molecule has 1 unspecified atom stereocenters. The Labute approximate surface area is 166 Å². The number of fused-ring (bicyclic) bond motifs is 1. The van der Waals surface area contributed by atoms with E-state index in [1.54, 1.807) is 24.3 Å².